The third-order valence-electron chi connectivity index (χ3n) is 3.96. The van der Waals surface area contributed by atoms with Crippen molar-refractivity contribution in [1.82, 2.24) is 5.32 Å². The molecule has 5 N–H and O–H groups in total. The zero-order valence-electron chi connectivity index (χ0n) is 11.3. The third kappa shape index (κ3) is 4.72. The molecule has 0 bridgehead atoms. The number of carbonyl (C=O) groups is 1. The Morgan fingerprint density at radius 1 is 1.26 bits per heavy atom. The minimum absolute atomic E-state index is 0.453. The summed E-state index contributed by atoms with van der Waals surface area (Å²) in [7, 11) is 0. The van der Waals surface area contributed by atoms with Crippen molar-refractivity contribution < 1.29 is 25.2 Å². The van der Waals surface area contributed by atoms with Crippen LogP contribution in [0.25, 0.3) is 0 Å². The Kier molecular flexibility index (Phi) is 6.71. The molecule has 1 rings (SSSR count). The molecule has 1 aliphatic carbocycles. The van der Waals surface area contributed by atoms with Crippen LogP contribution in [0.3, 0.4) is 0 Å². The Hall–Kier alpha value is -0.690. The van der Waals surface area contributed by atoms with Gasteiger partial charge in [-0.05, 0) is 18.8 Å². The van der Waals surface area contributed by atoms with Crippen LogP contribution in [0, 0.1) is 11.8 Å². The molecule has 1 aliphatic rings. The number of aliphatic hydroxyl groups is 4. The fraction of sp³-hybridized carbons (Fsp3) is 0.923. The van der Waals surface area contributed by atoms with Crippen LogP contribution in [-0.4, -0.2) is 57.8 Å². The number of rotatable bonds is 7. The van der Waals surface area contributed by atoms with Crippen molar-refractivity contribution in [3.8, 4) is 0 Å². The molecule has 0 aliphatic heterocycles. The molecule has 19 heavy (non-hydrogen) atoms. The summed E-state index contributed by atoms with van der Waals surface area (Å²) >= 11 is 0. The first-order valence-electron chi connectivity index (χ1n) is 6.90. The topological polar surface area (TPSA) is 110 Å². The second-order valence-electron chi connectivity index (χ2n) is 5.44. The van der Waals surface area contributed by atoms with Gasteiger partial charge < -0.3 is 25.7 Å². The normalized spacial score (nSPS) is 22.8. The van der Waals surface area contributed by atoms with Crippen LogP contribution in [0.4, 0.5) is 0 Å². The molecule has 4 atom stereocenters. The lowest BCUT2D eigenvalue weighted by Gasteiger charge is -2.26. The molecule has 0 radical (unpaired) electrons. The molecule has 4 unspecified atom stereocenters. The van der Waals surface area contributed by atoms with Crippen molar-refractivity contribution >= 4 is 5.91 Å². The highest BCUT2D eigenvalue weighted by molar-refractivity contribution is 5.81. The van der Waals surface area contributed by atoms with Crippen LogP contribution in [0.1, 0.15) is 32.6 Å². The average molecular weight is 275 g/mol. The van der Waals surface area contributed by atoms with Gasteiger partial charge in [-0.15, -0.1) is 0 Å². The lowest BCUT2D eigenvalue weighted by atomic mass is 9.94. The molecule has 0 saturated heterocycles. The Balaban J connectivity index is 2.37. The zero-order valence-corrected chi connectivity index (χ0v) is 11.3. The van der Waals surface area contributed by atoms with E-state index >= 15 is 0 Å². The molecule has 0 aromatic rings. The van der Waals surface area contributed by atoms with Crippen molar-refractivity contribution in [2.45, 2.75) is 50.9 Å². The molecular weight excluding hydrogens is 250 g/mol. The van der Waals surface area contributed by atoms with E-state index in [4.69, 9.17) is 5.11 Å². The summed E-state index contributed by atoms with van der Waals surface area (Å²) in [6.45, 7) is 1.47. The minimum Gasteiger partial charge on any atom is -0.394 e. The number of amides is 1. The van der Waals surface area contributed by atoms with E-state index in [0.717, 1.165) is 12.8 Å². The number of carbonyl (C=O) groups excluding carboxylic acids is 1. The summed E-state index contributed by atoms with van der Waals surface area (Å²) in [6.07, 6.45) is 0.365. The predicted octanol–water partition coefficient (Wildman–Crippen LogP) is -0.996. The van der Waals surface area contributed by atoms with Gasteiger partial charge in [-0.1, -0.05) is 19.8 Å². The molecule has 112 valence electrons. The van der Waals surface area contributed by atoms with Gasteiger partial charge in [0, 0.05) is 12.5 Å². The quantitative estimate of drug-likeness (QED) is 0.409. The van der Waals surface area contributed by atoms with Gasteiger partial charge in [0.15, 0.2) is 6.10 Å². The Labute approximate surface area is 113 Å². The van der Waals surface area contributed by atoms with Gasteiger partial charge in [0.1, 0.15) is 0 Å². The van der Waals surface area contributed by atoms with Crippen molar-refractivity contribution in [2.75, 3.05) is 13.2 Å². The van der Waals surface area contributed by atoms with Gasteiger partial charge in [0.05, 0.1) is 18.8 Å². The molecule has 0 heterocycles. The van der Waals surface area contributed by atoms with E-state index in [2.05, 4.69) is 5.32 Å². The van der Waals surface area contributed by atoms with Gasteiger partial charge in [-0.3, -0.25) is 4.79 Å². The molecular formula is C13H25NO5. The summed E-state index contributed by atoms with van der Waals surface area (Å²) in [6, 6.07) is 0. The van der Waals surface area contributed by atoms with Gasteiger partial charge in [0.2, 0.25) is 0 Å². The second-order valence-corrected chi connectivity index (χ2v) is 5.44. The highest BCUT2D eigenvalue weighted by Gasteiger charge is 2.32. The third-order valence-corrected chi connectivity index (χ3v) is 3.96. The number of hydrogen-bond acceptors (Lipinski definition) is 5. The van der Waals surface area contributed by atoms with E-state index in [-0.39, 0.29) is 0 Å². The van der Waals surface area contributed by atoms with E-state index in [1.807, 2.05) is 0 Å². The SMILES string of the molecule is CC(C(O)CO)C(O)C(O)C(=O)NCC1CCCC1. The van der Waals surface area contributed by atoms with Crippen LogP contribution in [0.15, 0.2) is 0 Å². The minimum atomic E-state index is -1.59. The molecule has 1 saturated carbocycles. The summed E-state index contributed by atoms with van der Waals surface area (Å²) in [4.78, 5) is 11.7. The molecule has 0 aromatic carbocycles. The summed E-state index contributed by atoms with van der Waals surface area (Å²) in [5.41, 5.74) is 0. The first-order valence-corrected chi connectivity index (χ1v) is 6.90. The van der Waals surface area contributed by atoms with E-state index in [1.165, 1.54) is 19.8 Å². The Morgan fingerprint density at radius 2 is 1.84 bits per heavy atom. The van der Waals surface area contributed by atoms with E-state index in [0.29, 0.717) is 12.5 Å². The molecule has 1 fully saturated rings. The largest absolute Gasteiger partial charge is 0.394 e. The van der Waals surface area contributed by atoms with Crippen LogP contribution in [0.2, 0.25) is 0 Å². The van der Waals surface area contributed by atoms with E-state index in [1.54, 1.807) is 0 Å². The van der Waals surface area contributed by atoms with Gasteiger partial charge in [-0.25, -0.2) is 0 Å². The Morgan fingerprint density at radius 3 is 2.37 bits per heavy atom. The van der Waals surface area contributed by atoms with Crippen molar-refractivity contribution in [1.29, 1.82) is 0 Å². The number of aliphatic hydroxyl groups excluding tert-OH is 4. The molecule has 0 spiro atoms. The fourth-order valence-electron chi connectivity index (χ4n) is 2.40. The first kappa shape index (κ1) is 16.4. The van der Waals surface area contributed by atoms with Crippen molar-refractivity contribution in [3.05, 3.63) is 0 Å². The maximum absolute atomic E-state index is 11.7. The van der Waals surface area contributed by atoms with Crippen LogP contribution >= 0.6 is 0 Å². The average Bonchev–Trinajstić information content (AvgIpc) is 2.94. The lowest BCUT2D eigenvalue weighted by molar-refractivity contribution is -0.140. The zero-order chi connectivity index (χ0) is 14.4. The van der Waals surface area contributed by atoms with Crippen molar-refractivity contribution in [3.63, 3.8) is 0 Å². The summed E-state index contributed by atoms with van der Waals surface area (Å²) in [5.74, 6) is -0.956. The van der Waals surface area contributed by atoms with Gasteiger partial charge >= 0.3 is 0 Å². The standard InChI is InChI=1S/C13H25NO5/c1-8(10(16)7-15)11(17)12(18)13(19)14-6-9-4-2-3-5-9/h8-12,15-18H,2-7H2,1H3,(H,14,19). The van der Waals surface area contributed by atoms with Crippen LogP contribution in [0.5, 0.6) is 0 Å². The smallest absolute Gasteiger partial charge is 0.251 e. The van der Waals surface area contributed by atoms with E-state index < -0.39 is 36.7 Å². The van der Waals surface area contributed by atoms with Gasteiger partial charge in [-0.2, -0.15) is 0 Å². The Bertz CT molecular complexity index is 280. The lowest BCUT2D eigenvalue weighted by Crippen LogP contribution is -2.48. The number of hydrogen-bond donors (Lipinski definition) is 5. The predicted molar refractivity (Wildman–Crippen MR) is 69.2 cm³/mol. The second kappa shape index (κ2) is 7.79. The van der Waals surface area contributed by atoms with Crippen molar-refractivity contribution in [2.24, 2.45) is 11.8 Å². The highest BCUT2D eigenvalue weighted by atomic mass is 16.3. The summed E-state index contributed by atoms with van der Waals surface area (Å²) < 4.78 is 0. The molecule has 0 aromatic heterocycles. The monoisotopic (exact) mass is 275 g/mol. The summed E-state index contributed by atoms with van der Waals surface area (Å²) in [5, 5.41) is 40.3. The van der Waals surface area contributed by atoms with Crippen LogP contribution in [-0.2, 0) is 4.79 Å². The maximum atomic E-state index is 11.7. The molecule has 1 amide bonds. The maximum Gasteiger partial charge on any atom is 0.251 e. The fourth-order valence-corrected chi connectivity index (χ4v) is 2.40. The van der Waals surface area contributed by atoms with Gasteiger partial charge in [0.25, 0.3) is 5.91 Å². The van der Waals surface area contributed by atoms with Crippen LogP contribution < -0.4 is 5.32 Å². The number of nitrogens with one attached hydrogen (secondary N) is 1. The molecule has 6 nitrogen and oxygen atoms in total. The first-order chi connectivity index (χ1) is 8.97. The molecule has 6 heteroatoms. The highest BCUT2D eigenvalue weighted by Crippen LogP contribution is 2.23. The van der Waals surface area contributed by atoms with E-state index in [9.17, 15) is 20.1 Å².